The van der Waals surface area contributed by atoms with Gasteiger partial charge in [-0.3, -0.25) is 0 Å². The van der Waals surface area contributed by atoms with Crippen LogP contribution in [0.5, 0.6) is 0 Å². The Bertz CT molecular complexity index is 140. The summed E-state index contributed by atoms with van der Waals surface area (Å²) in [5.41, 5.74) is 0.256. The van der Waals surface area contributed by atoms with Crippen molar-refractivity contribution in [3.05, 3.63) is 0 Å². The lowest BCUT2D eigenvalue weighted by Crippen LogP contribution is -2.49. The van der Waals surface area contributed by atoms with Crippen molar-refractivity contribution >= 4 is 0 Å². The summed E-state index contributed by atoms with van der Waals surface area (Å²) in [4.78, 5) is 0. The van der Waals surface area contributed by atoms with Crippen LogP contribution in [-0.2, 0) is 4.74 Å². The van der Waals surface area contributed by atoms with Gasteiger partial charge in [0.15, 0.2) is 0 Å². The Balaban J connectivity index is 4.43. The fraction of sp³-hybridized carbons (Fsp3) is 1.00. The Labute approximate surface area is 89.4 Å². The molecule has 0 bridgehead atoms. The fourth-order valence-electron chi connectivity index (χ4n) is 1.88. The number of nitrogens with one attached hydrogen (secondary N) is 1. The third-order valence-corrected chi connectivity index (χ3v) is 2.51. The molecule has 0 saturated carbocycles. The molecule has 2 atom stereocenters. The summed E-state index contributed by atoms with van der Waals surface area (Å²) in [5, 5.41) is 3.53. The van der Waals surface area contributed by atoms with Crippen LogP contribution >= 0.6 is 0 Å². The van der Waals surface area contributed by atoms with Crippen molar-refractivity contribution in [3.63, 3.8) is 0 Å². The highest BCUT2D eigenvalue weighted by Crippen LogP contribution is 2.24. The summed E-state index contributed by atoms with van der Waals surface area (Å²) in [5.74, 6) is 0. The van der Waals surface area contributed by atoms with Gasteiger partial charge in [-0.05, 0) is 25.3 Å². The molecular weight excluding hydrogens is 174 g/mol. The molecule has 14 heavy (non-hydrogen) atoms. The molecule has 0 amide bonds. The predicted octanol–water partition coefficient (Wildman–Crippen LogP) is 2.83. The first-order valence-electron chi connectivity index (χ1n) is 5.82. The van der Waals surface area contributed by atoms with Gasteiger partial charge in [0.25, 0.3) is 0 Å². The molecule has 0 aliphatic rings. The van der Waals surface area contributed by atoms with Crippen LogP contribution in [0, 0.1) is 5.41 Å². The zero-order valence-electron chi connectivity index (χ0n) is 10.7. The molecule has 0 saturated heterocycles. The predicted molar refractivity (Wildman–Crippen MR) is 62.6 cm³/mol. The first kappa shape index (κ1) is 13.9. The smallest absolute Gasteiger partial charge is 0.0730 e. The summed E-state index contributed by atoms with van der Waals surface area (Å²) in [6.07, 6.45) is 1.41. The molecule has 2 unspecified atom stereocenters. The minimum absolute atomic E-state index is 0.256. The van der Waals surface area contributed by atoms with Crippen LogP contribution in [0.15, 0.2) is 0 Å². The molecule has 0 heterocycles. The van der Waals surface area contributed by atoms with E-state index in [9.17, 15) is 0 Å². The monoisotopic (exact) mass is 201 g/mol. The van der Waals surface area contributed by atoms with E-state index in [1.807, 2.05) is 0 Å². The number of rotatable bonds is 6. The topological polar surface area (TPSA) is 21.3 Å². The van der Waals surface area contributed by atoms with Crippen LogP contribution < -0.4 is 5.32 Å². The SMILES string of the molecule is CCNC(C(CC)OCC)C(C)(C)C. The number of likely N-dealkylation sites (N-methyl/N-ethyl adjacent to an activating group) is 1. The molecule has 0 aromatic heterocycles. The van der Waals surface area contributed by atoms with Crippen molar-refractivity contribution in [3.8, 4) is 0 Å². The maximum atomic E-state index is 5.77. The second-order valence-corrected chi connectivity index (χ2v) is 4.80. The van der Waals surface area contributed by atoms with Gasteiger partial charge in [0.05, 0.1) is 6.10 Å². The first-order valence-corrected chi connectivity index (χ1v) is 5.82. The largest absolute Gasteiger partial charge is 0.377 e. The van der Waals surface area contributed by atoms with Gasteiger partial charge in [-0.2, -0.15) is 0 Å². The van der Waals surface area contributed by atoms with E-state index in [0.717, 1.165) is 19.6 Å². The van der Waals surface area contributed by atoms with E-state index >= 15 is 0 Å². The Morgan fingerprint density at radius 1 is 1.14 bits per heavy atom. The van der Waals surface area contributed by atoms with Gasteiger partial charge < -0.3 is 10.1 Å². The normalized spacial score (nSPS) is 16.7. The zero-order chi connectivity index (χ0) is 11.2. The highest BCUT2D eigenvalue weighted by atomic mass is 16.5. The van der Waals surface area contributed by atoms with Gasteiger partial charge in [0, 0.05) is 12.6 Å². The molecule has 2 heteroatoms. The van der Waals surface area contributed by atoms with Gasteiger partial charge in [0.2, 0.25) is 0 Å². The highest BCUT2D eigenvalue weighted by Gasteiger charge is 2.30. The van der Waals surface area contributed by atoms with E-state index in [1.165, 1.54) is 0 Å². The molecule has 0 spiro atoms. The lowest BCUT2D eigenvalue weighted by atomic mass is 9.82. The van der Waals surface area contributed by atoms with E-state index in [0.29, 0.717) is 12.1 Å². The van der Waals surface area contributed by atoms with E-state index < -0.39 is 0 Å². The Morgan fingerprint density at radius 2 is 1.71 bits per heavy atom. The Kier molecular flexibility index (Phi) is 6.38. The van der Waals surface area contributed by atoms with Crippen molar-refractivity contribution in [2.24, 2.45) is 5.41 Å². The van der Waals surface area contributed by atoms with Crippen molar-refractivity contribution in [1.82, 2.24) is 5.32 Å². The molecule has 0 aliphatic carbocycles. The van der Waals surface area contributed by atoms with Crippen molar-refractivity contribution in [1.29, 1.82) is 0 Å². The molecule has 86 valence electrons. The van der Waals surface area contributed by atoms with Crippen LogP contribution in [0.25, 0.3) is 0 Å². The maximum absolute atomic E-state index is 5.77. The summed E-state index contributed by atoms with van der Waals surface area (Å²) in [6, 6.07) is 0.442. The van der Waals surface area contributed by atoms with Gasteiger partial charge >= 0.3 is 0 Å². The molecular formula is C12H27NO. The number of ether oxygens (including phenoxy) is 1. The second-order valence-electron chi connectivity index (χ2n) is 4.80. The molecule has 0 fully saturated rings. The average molecular weight is 201 g/mol. The van der Waals surface area contributed by atoms with E-state index in [2.05, 4.69) is 46.9 Å². The summed E-state index contributed by atoms with van der Waals surface area (Å²) in [7, 11) is 0. The highest BCUT2D eigenvalue weighted by molar-refractivity contribution is 4.86. The van der Waals surface area contributed by atoms with E-state index in [4.69, 9.17) is 4.74 Å². The molecule has 0 aromatic carbocycles. The quantitative estimate of drug-likeness (QED) is 0.713. The fourth-order valence-corrected chi connectivity index (χ4v) is 1.88. The maximum Gasteiger partial charge on any atom is 0.0730 e. The minimum Gasteiger partial charge on any atom is -0.377 e. The third kappa shape index (κ3) is 4.43. The second kappa shape index (κ2) is 6.41. The standard InChI is InChI=1S/C12H27NO/c1-7-10(14-9-3)11(13-8-2)12(4,5)6/h10-11,13H,7-9H2,1-6H3. The molecule has 2 nitrogen and oxygen atoms in total. The van der Waals surface area contributed by atoms with Crippen molar-refractivity contribution in [2.75, 3.05) is 13.2 Å². The lowest BCUT2D eigenvalue weighted by Gasteiger charge is -2.37. The van der Waals surface area contributed by atoms with Gasteiger partial charge in [0.1, 0.15) is 0 Å². The van der Waals surface area contributed by atoms with Crippen LogP contribution in [0.3, 0.4) is 0 Å². The zero-order valence-corrected chi connectivity index (χ0v) is 10.7. The minimum atomic E-state index is 0.256. The summed E-state index contributed by atoms with van der Waals surface area (Å²) >= 11 is 0. The Hall–Kier alpha value is -0.0800. The van der Waals surface area contributed by atoms with E-state index in [1.54, 1.807) is 0 Å². The first-order chi connectivity index (χ1) is 6.47. The van der Waals surface area contributed by atoms with E-state index in [-0.39, 0.29) is 5.41 Å². The van der Waals surface area contributed by atoms with Crippen molar-refractivity contribution < 1.29 is 4.74 Å². The van der Waals surface area contributed by atoms with Crippen LogP contribution in [0.4, 0.5) is 0 Å². The van der Waals surface area contributed by atoms with Crippen LogP contribution in [0.2, 0.25) is 0 Å². The number of hydrogen-bond acceptors (Lipinski definition) is 2. The molecule has 0 radical (unpaired) electrons. The third-order valence-electron chi connectivity index (χ3n) is 2.51. The molecule has 0 rings (SSSR count). The molecule has 0 aliphatic heterocycles. The number of hydrogen-bond donors (Lipinski definition) is 1. The Morgan fingerprint density at radius 3 is 2.00 bits per heavy atom. The van der Waals surface area contributed by atoms with Crippen LogP contribution in [-0.4, -0.2) is 25.3 Å². The summed E-state index contributed by atoms with van der Waals surface area (Å²) in [6.45, 7) is 15.0. The molecule has 1 N–H and O–H groups in total. The van der Waals surface area contributed by atoms with Crippen molar-refractivity contribution in [2.45, 2.75) is 60.1 Å². The van der Waals surface area contributed by atoms with Crippen LogP contribution in [0.1, 0.15) is 48.0 Å². The van der Waals surface area contributed by atoms with Gasteiger partial charge in [-0.1, -0.05) is 34.6 Å². The summed E-state index contributed by atoms with van der Waals surface area (Å²) < 4.78 is 5.77. The molecule has 0 aromatic rings. The lowest BCUT2D eigenvalue weighted by molar-refractivity contribution is 0.00101. The average Bonchev–Trinajstić information content (AvgIpc) is 2.09. The van der Waals surface area contributed by atoms with Gasteiger partial charge in [-0.15, -0.1) is 0 Å². The van der Waals surface area contributed by atoms with Gasteiger partial charge in [-0.25, -0.2) is 0 Å².